The van der Waals surface area contributed by atoms with E-state index in [4.69, 9.17) is 9.47 Å². The van der Waals surface area contributed by atoms with E-state index in [2.05, 4.69) is 15.0 Å². The number of sulfonamides is 1. The first-order chi connectivity index (χ1) is 17.3. The van der Waals surface area contributed by atoms with Gasteiger partial charge in [-0.25, -0.2) is 13.4 Å². The number of aliphatic hydroxyl groups excluding tert-OH is 1. The van der Waals surface area contributed by atoms with Crippen LogP contribution >= 0.6 is 0 Å². The number of imidazole rings is 1. The van der Waals surface area contributed by atoms with Crippen molar-refractivity contribution in [2.75, 3.05) is 37.3 Å². The molecule has 1 aromatic heterocycles. The Morgan fingerprint density at radius 3 is 2.41 bits per heavy atom. The van der Waals surface area contributed by atoms with Crippen LogP contribution in [0.4, 0.5) is 18.9 Å². The van der Waals surface area contributed by atoms with Crippen molar-refractivity contribution in [1.82, 2.24) is 14.9 Å². The van der Waals surface area contributed by atoms with Crippen LogP contribution < -0.4 is 19.5 Å². The number of rotatable bonds is 12. The second-order valence-corrected chi connectivity index (χ2v) is 9.90. The van der Waals surface area contributed by atoms with Crippen LogP contribution in [0.2, 0.25) is 0 Å². The molecule has 37 heavy (non-hydrogen) atoms. The Kier molecular flexibility index (Phi) is 8.89. The molecule has 0 radical (unpaired) electrons. The van der Waals surface area contributed by atoms with E-state index in [1.165, 1.54) is 29.8 Å². The summed E-state index contributed by atoms with van der Waals surface area (Å²) in [5, 5.41) is 22.8. The molecule has 1 heterocycles. The lowest BCUT2D eigenvalue weighted by Gasteiger charge is -2.14. The van der Waals surface area contributed by atoms with Gasteiger partial charge in [-0.2, -0.15) is 13.2 Å². The van der Waals surface area contributed by atoms with Gasteiger partial charge in [0.25, 0.3) is 0 Å². The third kappa shape index (κ3) is 8.55. The summed E-state index contributed by atoms with van der Waals surface area (Å²) in [4.78, 5) is 3.65. The minimum Gasteiger partial charge on any atom is -0.506 e. The van der Waals surface area contributed by atoms with Gasteiger partial charge in [0.1, 0.15) is 42.4 Å². The molecule has 4 N–H and O–H groups in total. The zero-order chi connectivity index (χ0) is 27.2. The van der Waals surface area contributed by atoms with E-state index < -0.39 is 28.0 Å². The Balaban J connectivity index is 1.39. The molecule has 1 atom stereocenters. The van der Waals surface area contributed by atoms with Gasteiger partial charge in [0.05, 0.1) is 11.9 Å². The van der Waals surface area contributed by atoms with E-state index in [1.807, 2.05) is 0 Å². The van der Waals surface area contributed by atoms with E-state index in [0.717, 1.165) is 12.5 Å². The largest absolute Gasteiger partial charge is 0.506 e. The molecular weight excluding hydrogens is 517 g/mol. The van der Waals surface area contributed by atoms with Gasteiger partial charge in [0.2, 0.25) is 10.0 Å². The summed E-state index contributed by atoms with van der Waals surface area (Å²) in [6, 6.07) is 10.5. The maximum atomic E-state index is 12.9. The maximum Gasteiger partial charge on any atom is 0.434 e. The molecule has 0 aliphatic rings. The number of hydrogen-bond acceptors (Lipinski definition) is 8. The molecule has 1 unspecified atom stereocenters. The van der Waals surface area contributed by atoms with Crippen LogP contribution in [0, 0.1) is 0 Å². The van der Waals surface area contributed by atoms with Crippen molar-refractivity contribution in [3.63, 3.8) is 0 Å². The molecule has 0 amide bonds. The smallest absolute Gasteiger partial charge is 0.434 e. The molecule has 10 nitrogen and oxygen atoms in total. The molecule has 0 saturated heterocycles. The number of aliphatic hydroxyl groups is 1. The zero-order valence-corrected chi connectivity index (χ0v) is 20.8. The lowest BCUT2D eigenvalue weighted by atomic mass is 10.2. The highest BCUT2D eigenvalue weighted by atomic mass is 32.2. The molecule has 0 fully saturated rings. The number of nitrogens with one attached hydrogen (secondary N) is 2. The highest BCUT2D eigenvalue weighted by Gasteiger charge is 2.34. The number of hydrogen-bond donors (Lipinski definition) is 4. The van der Waals surface area contributed by atoms with Crippen molar-refractivity contribution in [1.29, 1.82) is 0 Å². The summed E-state index contributed by atoms with van der Waals surface area (Å²) >= 11 is 0. The van der Waals surface area contributed by atoms with Gasteiger partial charge in [0, 0.05) is 38.0 Å². The number of anilines is 1. The summed E-state index contributed by atoms with van der Waals surface area (Å²) in [6.07, 6.45) is -3.48. The van der Waals surface area contributed by atoms with Gasteiger partial charge in [-0.1, -0.05) is 0 Å². The summed E-state index contributed by atoms with van der Waals surface area (Å²) < 4.78 is 75.8. The first-order valence-corrected chi connectivity index (χ1v) is 12.9. The molecule has 0 saturated carbocycles. The third-order valence-electron chi connectivity index (χ3n) is 4.91. The van der Waals surface area contributed by atoms with E-state index >= 15 is 0 Å². The van der Waals surface area contributed by atoms with E-state index in [0.29, 0.717) is 23.6 Å². The van der Waals surface area contributed by atoms with Gasteiger partial charge in [-0.3, -0.25) is 4.72 Å². The number of nitrogens with zero attached hydrogens (tertiary/aromatic N) is 2. The lowest BCUT2D eigenvalue weighted by molar-refractivity contribution is -0.140. The van der Waals surface area contributed by atoms with Gasteiger partial charge < -0.3 is 29.6 Å². The average molecular weight is 545 g/mol. The normalized spacial score (nSPS) is 12.8. The molecule has 0 bridgehead atoms. The summed E-state index contributed by atoms with van der Waals surface area (Å²) in [5.74, 6) is 0.710. The second-order valence-electron chi connectivity index (χ2n) is 8.15. The van der Waals surface area contributed by atoms with E-state index in [1.54, 1.807) is 24.3 Å². The molecule has 0 aliphatic heterocycles. The molecular formula is C23H27F3N4O6S. The third-order valence-corrected chi connectivity index (χ3v) is 5.50. The Hall–Kier alpha value is -3.49. The van der Waals surface area contributed by atoms with Crippen molar-refractivity contribution in [3.8, 4) is 28.6 Å². The number of aromatic nitrogens is 2. The van der Waals surface area contributed by atoms with Crippen LogP contribution in [0.5, 0.6) is 17.2 Å². The molecule has 202 valence electrons. The first-order valence-electron chi connectivity index (χ1n) is 11.0. The summed E-state index contributed by atoms with van der Waals surface area (Å²) in [5.41, 5.74) is -0.483. The van der Waals surface area contributed by atoms with Crippen molar-refractivity contribution < 1.29 is 41.3 Å². The number of aromatic hydroxyl groups is 1. The number of halogens is 3. The van der Waals surface area contributed by atoms with Crippen LogP contribution in [0.15, 0.2) is 48.7 Å². The highest BCUT2D eigenvalue weighted by molar-refractivity contribution is 7.92. The SMILES string of the molecule is Cn1cc(C(F)(F)F)nc1-c1ccc(OCC(O)CNCCOc2ccc(O)c(NS(C)(=O)=O)c2)cc1. The fraction of sp³-hybridized carbons (Fsp3) is 0.348. The molecule has 0 spiro atoms. The number of aryl methyl sites for hydroxylation is 1. The molecule has 0 aliphatic carbocycles. The summed E-state index contributed by atoms with van der Waals surface area (Å²) in [6.45, 7) is 0.754. The quantitative estimate of drug-likeness (QED) is 0.202. The predicted molar refractivity (Wildman–Crippen MR) is 130 cm³/mol. The van der Waals surface area contributed by atoms with Crippen molar-refractivity contribution in [2.45, 2.75) is 12.3 Å². The molecule has 2 aromatic carbocycles. The number of alkyl halides is 3. The Bertz CT molecular complexity index is 1300. The topological polar surface area (TPSA) is 135 Å². The lowest BCUT2D eigenvalue weighted by Crippen LogP contribution is -2.33. The Morgan fingerprint density at radius 1 is 1.11 bits per heavy atom. The maximum absolute atomic E-state index is 12.9. The van der Waals surface area contributed by atoms with Crippen molar-refractivity contribution in [2.24, 2.45) is 7.05 Å². The standard InChI is InChI=1S/C23H27F3N4O6S/c1-30-13-21(23(24,25)26)28-22(30)15-3-5-17(6-4-15)36-14-16(31)12-27-9-10-35-18-7-8-20(32)19(11-18)29-37(2,33)34/h3-8,11,13,16,27,29,31-32H,9-10,12,14H2,1-2H3. The molecule has 3 aromatic rings. The van der Waals surface area contributed by atoms with Crippen LogP contribution in [0.3, 0.4) is 0 Å². The minimum atomic E-state index is -4.53. The number of benzene rings is 2. The monoisotopic (exact) mass is 544 g/mol. The Morgan fingerprint density at radius 2 is 1.78 bits per heavy atom. The van der Waals surface area contributed by atoms with Gasteiger partial charge in [-0.05, 0) is 36.4 Å². The van der Waals surface area contributed by atoms with Gasteiger partial charge in [0.15, 0.2) is 5.69 Å². The fourth-order valence-electron chi connectivity index (χ4n) is 3.22. The van der Waals surface area contributed by atoms with Crippen LogP contribution in [-0.2, 0) is 23.2 Å². The fourth-order valence-corrected chi connectivity index (χ4v) is 3.78. The van der Waals surface area contributed by atoms with Crippen molar-refractivity contribution >= 4 is 15.7 Å². The van der Waals surface area contributed by atoms with Crippen molar-refractivity contribution in [3.05, 3.63) is 54.4 Å². The zero-order valence-electron chi connectivity index (χ0n) is 20.0. The van der Waals surface area contributed by atoms with Crippen LogP contribution in [0.1, 0.15) is 5.69 Å². The van der Waals surface area contributed by atoms with E-state index in [-0.39, 0.29) is 37.0 Å². The minimum absolute atomic E-state index is 0.000428. The van der Waals surface area contributed by atoms with Gasteiger partial charge >= 0.3 is 6.18 Å². The number of ether oxygens (including phenoxy) is 2. The summed E-state index contributed by atoms with van der Waals surface area (Å²) in [7, 11) is -2.08. The van der Waals surface area contributed by atoms with Gasteiger partial charge in [-0.15, -0.1) is 0 Å². The van der Waals surface area contributed by atoms with Crippen LogP contribution in [0.25, 0.3) is 11.4 Å². The highest BCUT2D eigenvalue weighted by Crippen LogP contribution is 2.31. The molecule has 14 heteroatoms. The number of phenolic OH excluding ortho intramolecular Hbond substituents is 1. The predicted octanol–water partition coefficient (Wildman–Crippen LogP) is 2.59. The molecule has 3 rings (SSSR count). The second kappa shape index (κ2) is 11.7. The van der Waals surface area contributed by atoms with E-state index in [9.17, 15) is 31.8 Å². The first kappa shape index (κ1) is 28.1. The number of phenols is 1. The average Bonchev–Trinajstić information content (AvgIpc) is 3.21. The van der Waals surface area contributed by atoms with Crippen LogP contribution in [-0.4, -0.2) is 66.8 Å². The Labute approximate surface area is 211 Å².